The van der Waals surface area contributed by atoms with E-state index in [-0.39, 0.29) is 17.3 Å². The number of carbonyl (C=O) groups is 1. The first-order valence-electron chi connectivity index (χ1n) is 9.78. The van der Waals surface area contributed by atoms with Crippen LogP contribution in [-0.2, 0) is 10.2 Å². The molecule has 0 aromatic heterocycles. The number of piperidine rings is 1. The molecule has 4 aliphatic rings. The van der Waals surface area contributed by atoms with Crippen molar-refractivity contribution in [2.75, 3.05) is 32.6 Å². The Morgan fingerprint density at radius 2 is 2.22 bits per heavy atom. The second-order valence-electron chi connectivity index (χ2n) is 8.97. The number of methoxy groups -OCH3 is 1. The lowest BCUT2D eigenvalue weighted by Gasteiger charge is -2.54. The molecule has 0 radical (unpaired) electrons. The number of hydrogen-bond acceptors (Lipinski definition) is 4. The van der Waals surface area contributed by atoms with Gasteiger partial charge in [-0.1, -0.05) is 12.1 Å². The van der Waals surface area contributed by atoms with Crippen molar-refractivity contribution in [3.63, 3.8) is 0 Å². The number of benzene rings is 1. The number of nitrogens with one attached hydrogen (secondary N) is 1. The quantitative estimate of drug-likeness (QED) is 0.708. The van der Waals surface area contributed by atoms with Gasteiger partial charge < -0.3 is 24.7 Å². The molecule has 5 rings (SSSR count). The highest BCUT2D eigenvalue weighted by molar-refractivity contribution is 5.92. The Hall–Kier alpha value is -2.05. The second-order valence-corrected chi connectivity index (χ2v) is 8.97. The number of aliphatic carboxylic acids is 1. The molecule has 27 heavy (non-hydrogen) atoms. The van der Waals surface area contributed by atoms with E-state index in [4.69, 9.17) is 4.74 Å². The average molecular weight is 371 g/mol. The van der Waals surface area contributed by atoms with E-state index in [0.29, 0.717) is 11.6 Å². The zero-order valence-corrected chi connectivity index (χ0v) is 16.0. The predicted molar refractivity (Wildman–Crippen MR) is 101 cm³/mol. The van der Waals surface area contributed by atoms with Crippen LogP contribution in [0.2, 0.25) is 0 Å². The van der Waals surface area contributed by atoms with Gasteiger partial charge in [0.15, 0.2) is 0 Å². The second kappa shape index (κ2) is 5.26. The van der Waals surface area contributed by atoms with E-state index in [1.807, 2.05) is 12.1 Å². The number of aliphatic hydroxyl groups excluding tert-OH is 1. The summed E-state index contributed by atoms with van der Waals surface area (Å²) in [6, 6.07) is 6.40. The van der Waals surface area contributed by atoms with Gasteiger partial charge in [-0.25, -0.2) is 4.79 Å². The van der Waals surface area contributed by atoms with E-state index in [9.17, 15) is 15.0 Å². The lowest BCUT2D eigenvalue weighted by molar-refractivity contribution is -0.933. The third-order valence-electron chi connectivity index (χ3n) is 7.87. The Morgan fingerprint density at radius 3 is 2.89 bits per heavy atom. The molecule has 1 spiro atoms. The number of rotatable bonds is 3. The molecule has 1 aromatic rings. The first-order valence-corrected chi connectivity index (χ1v) is 9.78. The van der Waals surface area contributed by atoms with E-state index >= 15 is 0 Å². The Balaban J connectivity index is 1.82. The van der Waals surface area contributed by atoms with E-state index in [0.717, 1.165) is 47.5 Å². The fraction of sp³-hybridized carbons (Fsp3) is 0.571. The highest BCUT2D eigenvalue weighted by atomic mass is 16.5. The minimum Gasteiger partial charge on any atom is -0.495 e. The molecule has 6 nitrogen and oxygen atoms in total. The van der Waals surface area contributed by atoms with Crippen LogP contribution in [0.1, 0.15) is 25.3 Å². The van der Waals surface area contributed by atoms with Crippen LogP contribution >= 0.6 is 0 Å². The number of fused-ring (bicyclic) bond motifs is 2. The maximum atomic E-state index is 12.4. The lowest BCUT2D eigenvalue weighted by Crippen LogP contribution is -2.65. The number of quaternary nitrogens is 1. The molecular weight excluding hydrogens is 344 g/mol. The average Bonchev–Trinajstić information content (AvgIpc) is 3.14. The molecule has 6 heteroatoms. The number of hydrogen-bond donors (Lipinski definition) is 3. The highest BCUT2D eigenvalue weighted by Gasteiger charge is 2.69. The number of ether oxygens (including phenoxy) is 1. The van der Waals surface area contributed by atoms with Crippen molar-refractivity contribution in [3.05, 3.63) is 35.0 Å². The fourth-order valence-electron chi connectivity index (χ4n) is 6.74. The van der Waals surface area contributed by atoms with E-state index in [1.54, 1.807) is 14.0 Å². The van der Waals surface area contributed by atoms with Gasteiger partial charge in [-0.15, -0.1) is 0 Å². The van der Waals surface area contributed by atoms with Crippen molar-refractivity contribution < 1.29 is 24.2 Å². The molecule has 0 saturated carbocycles. The molecule has 0 amide bonds. The summed E-state index contributed by atoms with van der Waals surface area (Å²) in [5, 5.41) is 24.1. The van der Waals surface area contributed by atoms with Crippen LogP contribution in [-0.4, -0.2) is 60.1 Å². The first-order chi connectivity index (χ1) is 12.8. The summed E-state index contributed by atoms with van der Waals surface area (Å²) < 4.78 is 6.48. The molecule has 1 aliphatic carbocycles. The molecular formula is C21H27N2O4+. The van der Waals surface area contributed by atoms with Gasteiger partial charge in [-0.3, -0.25) is 0 Å². The number of aliphatic hydroxyl groups is 1. The highest BCUT2D eigenvalue weighted by Crippen LogP contribution is 2.64. The fourth-order valence-corrected chi connectivity index (χ4v) is 6.74. The molecule has 2 saturated heterocycles. The number of carboxylic acid groups (broad SMARTS) is 1. The molecule has 6 atom stereocenters. The Morgan fingerprint density at radius 1 is 1.44 bits per heavy atom. The first kappa shape index (κ1) is 17.1. The van der Waals surface area contributed by atoms with Gasteiger partial charge in [0.1, 0.15) is 11.8 Å². The van der Waals surface area contributed by atoms with Crippen LogP contribution in [0.3, 0.4) is 0 Å². The largest absolute Gasteiger partial charge is 0.495 e. The SMILES string of the molecule is COc1cccc2c1NC1=C(C(=O)O)[C@H]3C[C@H]4[C@]12CC[N@@+]4(C)C[C@@H]3[C@@H](C)O. The van der Waals surface area contributed by atoms with Crippen molar-refractivity contribution >= 4 is 11.7 Å². The smallest absolute Gasteiger partial charge is 0.333 e. The van der Waals surface area contributed by atoms with Crippen LogP contribution in [0, 0.1) is 11.8 Å². The van der Waals surface area contributed by atoms with Gasteiger partial charge in [0.2, 0.25) is 0 Å². The van der Waals surface area contributed by atoms with Crippen LogP contribution in [0.15, 0.2) is 29.5 Å². The normalized spacial score (nSPS) is 39.5. The maximum absolute atomic E-state index is 12.4. The molecule has 1 aromatic carbocycles. The molecule has 3 heterocycles. The number of anilines is 1. The number of carboxylic acids is 1. The summed E-state index contributed by atoms with van der Waals surface area (Å²) in [5.41, 5.74) is 3.14. The molecule has 3 N–H and O–H groups in total. The Labute approximate surface area is 159 Å². The van der Waals surface area contributed by atoms with Crippen LogP contribution in [0.25, 0.3) is 0 Å². The van der Waals surface area contributed by atoms with Gasteiger partial charge in [0.25, 0.3) is 0 Å². The maximum Gasteiger partial charge on any atom is 0.333 e. The van der Waals surface area contributed by atoms with Crippen LogP contribution < -0.4 is 10.1 Å². The number of likely N-dealkylation sites (N-methyl/N-ethyl adjacent to an activating group) is 1. The van der Waals surface area contributed by atoms with E-state index in [2.05, 4.69) is 18.4 Å². The van der Waals surface area contributed by atoms with Gasteiger partial charge >= 0.3 is 5.97 Å². The lowest BCUT2D eigenvalue weighted by atomic mass is 9.59. The topological polar surface area (TPSA) is 78.8 Å². The Bertz CT molecular complexity index is 879. The monoisotopic (exact) mass is 371 g/mol. The summed E-state index contributed by atoms with van der Waals surface area (Å²) in [6.45, 7) is 3.63. The standard InChI is InChI=1S/C21H26N2O4/c1-11(24)13-10-23(2)8-7-21-14-5-4-6-15(27-3)18(14)22-19(21)17(20(25)26)12(13)9-16(21)23/h4-6,11-13,16,22,24H,7-10H2,1-3H3/p+1/t11-,12+,13-,16+,21-,23+/m1/s1. The van der Waals surface area contributed by atoms with Gasteiger partial charge in [0.05, 0.1) is 50.0 Å². The van der Waals surface area contributed by atoms with Crippen LogP contribution in [0.5, 0.6) is 5.75 Å². The minimum absolute atomic E-state index is 0.0339. The molecule has 2 bridgehead atoms. The third-order valence-corrected chi connectivity index (χ3v) is 7.87. The zero-order valence-electron chi connectivity index (χ0n) is 16.0. The van der Waals surface area contributed by atoms with Crippen LogP contribution in [0.4, 0.5) is 5.69 Å². The van der Waals surface area contributed by atoms with E-state index < -0.39 is 12.1 Å². The number of nitrogens with zero attached hydrogens (tertiary/aromatic N) is 1. The summed E-state index contributed by atoms with van der Waals surface area (Å²) in [7, 11) is 3.94. The molecule has 0 unspecified atom stereocenters. The molecule has 3 aliphatic heterocycles. The molecule has 2 fully saturated rings. The van der Waals surface area contributed by atoms with Gasteiger partial charge in [0, 0.05) is 30.4 Å². The minimum atomic E-state index is -0.860. The third kappa shape index (κ3) is 1.90. The van der Waals surface area contributed by atoms with Gasteiger partial charge in [-0.05, 0) is 18.6 Å². The summed E-state index contributed by atoms with van der Waals surface area (Å²) in [4.78, 5) is 12.4. The Kier molecular flexibility index (Phi) is 3.33. The van der Waals surface area contributed by atoms with Crippen molar-refractivity contribution in [2.24, 2.45) is 11.8 Å². The zero-order chi connectivity index (χ0) is 19.1. The van der Waals surface area contributed by atoms with Crippen molar-refractivity contribution in [2.45, 2.75) is 37.3 Å². The van der Waals surface area contributed by atoms with E-state index in [1.165, 1.54) is 5.56 Å². The summed E-state index contributed by atoms with van der Waals surface area (Å²) in [5.74, 6) is -0.252. The predicted octanol–water partition coefficient (Wildman–Crippen LogP) is 1.95. The van der Waals surface area contributed by atoms with Gasteiger partial charge in [-0.2, -0.15) is 0 Å². The molecule has 144 valence electrons. The van der Waals surface area contributed by atoms with Crippen molar-refractivity contribution in [3.8, 4) is 5.75 Å². The van der Waals surface area contributed by atoms with Crippen molar-refractivity contribution in [1.82, 2.24) is 0 Å². The van der Waals surface area contributed by atoms with Crippen molar-refractivity contribution in [1.29, 1.82) is 0 Å². The summed E-state index contributed by atoms with van der Waals surface area (Å²) >= 11 is 0. The number of para-hydroxylation sites is 1. The summed E-state index contributed by atoms with van der Waals surface area (Å²) in [6.07, 6.45) is 1.22.